The van der Waals surface area contributed by atoms with Crippen LogP contribution < -0.4 is 10.1 Å². The van der Waals surface area contributed by atoms with Gasteiger partial charge in [0.25, 0.3) is 6.47 Å². The Morgan fingerprint density at radius 1 is 1.09 bits per heavy atom. The summed E-state index contributed by atoms with van der Waals surface area (Å²) in [6.07, 6.45) is 3.60. The molecule has 0 bridgehead atoms. The lowest BCUT2D eigenvalue weighted by molar-refractivity contribution is -0.123. The van der Waals surface area contributed by atoms with Crippen molar-refractivity contribution in [3.8, 4) is 5.75 Å². The average Bonchev–Trinajstić information content (AvgIpc) is 3.18. The summed E-state index contributed by atoms with van der Waals surface area (Å²) >= 11 is 0. The van der Waals surface area contributed by atoms with Gasteiger partial charge < -0.3 is 20.1 Å². The number of benzene rings is 2. The summed E-state index contributed by atoms with van der Waals surface area (Å²) in [4.78, 5) is 35.6. The molecule has 7 nitrogen and oxygen atoms in total. The third kappa shape index (κ3) is 7.02. The Kier molecular flexibility index (Phi) is 8.78. The van der Waals surface area contributed by atoms with Crippen LogP contribution in [0.15, 0.2) is 60.2 Å². The van der Waals surface area contributed by atoms with Gasteiger partial charge in [-0.1, -0.05) is 30.3 Å². The highest BCUT2D eigenvalue weighted by Crippen LogP contribution is 2.33. The van der Waals surface area contributed by atoms with E-state index in [-0.39, 0.29) is 30.7 Å². The normalized spacial score (nSPS) is 16.7. The number of nitrogens with zero attached hydrogens (tertiary/aromatic N) is 1. The van der Waals surface area contributed by atoms with Crippen molar-refractivity contribution in [3.05, 3.63) is 65.7 Å². The van der Waals surface area contributed by atoms with Crippen molar-refractivity contribution >= 4 is 29.4 Å². The average molecular weight is 451 g/mol. The number of likely N-dealkylation sites (tertiary alicyclic amines) is 1. The van der Waals surface area contributed by atoms with Gasteiger partial charge in [-0.15, -0.1) is 0 Å². The molecule has 1 fully saturated rings. The quantitative estimate of drug-likeness (QED) is 0.646. The lowest BCUT2D eigenvalue weighted by Crippen LogP contribution is -2.35. The number of carbonyl (C=O) groups is 3. The maximum atomic E-state index is 12.6. The first-order valence-corrected chi connectivity index (χ1v) is 11.1. The molecule has 2 aliphatic rings. The van der Waals surface area contributed by atoms with Gasteiger partial charge in [0, 0.05) is 30.8 Å². The third-order valence-electron chi connectivity index (χ3n) is 5.87. The lowest BCUT2D eigenvalue weighted by Gasteiger charge is -2.29. The molecule has 33 heavy (non-hydrogen) atoms. The number of piperidine rings is 1. The van der Waals surface area contributed by atoms with E-state index in [0.717, 1.165) is 42.8 Å². The SMILES string of the molecule is CN1CCC(Oc2ccc(NC(=O)CC3=C(c4ccccc4)CCC3=O)cc2)CC1.O=CO. The number of nitrogens with one attached hydrogen (secondary N) is 1. The Balaban J connectivity index is 0.000000968. The highest BCUT2D eigenvalue weighted by molar-refractivity contribution is 6.11. The van der Waals surface area contributed by atoms with Gasteiger partial charge in [0.15, 0.2) is 5.78 Å². The Hall–Kier alpha value is -3.45. The van der Waals surface area contributed by atoms with Crippen molar-refractivity contribution in [2.24, 2.45) is 0 Å². The minimum atomic E-state index is -0.250. The molecule has 2 N–H and O–H groups in total. The van der Waals surface area contributed by atoms with Crippen molar-refractivity contribution in [1.82, 2.24) is 4.90 Å². The van der Waals surface area contributed by atoms with Crippen LogP contribution in [0.25, 0.3) is 5.57 Å². The minimum Gasteiger partial charge on any atom is -0.490 e. The summed E-state index contributed by atoms with van der Waals surface area (Å²) < 4.78 is 6.06. The number of ketones is 1. The zero-order valence-electron chi connectivity index (χ0n) is 18.8. The number of hydrogen-bond acceptors (Lipinski definition) is 5. The maximum absolute atomic E-state index is 12.6. The molecule has 1 amide bonds. The molecular weight excluding hydrogens is 420 g/mol. The lowest BCUT2D eigenvalue weighted by atomic mass is 10.00. The number of ether oxygens (including phenoxy) is 1. The van der Waals surface area contributed by atoms with Crippen LogP contribution in [0.5, 0.6) is 5.75 Å². The summed E-state index contributed by atoms with van der Waals surface area (Å²) in [6.45, 7) is 1.86. The van der Waals surface area contributed by atoms with E-state index >= 15 is 0 Å². The molecule has 1 saturated heterocycles. The second-order valence-corrected chi connectivity index (χ2v) is 8.22. The molecule has 174 valence electrons. The first-order valence-electron chi connectivity index (χ1n) is 11.1. The summed E-state index contributed by atoms with van der Waals surface area (Å²) in [7, 11) is 2.13. The van der Waals surface area contributed by atoms with Gasteiger partial charge >= 0.3 is 0 Å². The molecule has 0 radical (unpaired) electrons. The van der Waals surface area contributed by atoms with Gasteiger partial charge in [0.05, 0.1) is 6.42 Å². The van der Waals surface area contributed by atoms with E-state index in [0.29, 0.717) is 24.1 Å². The highest BCUT2D eigenvalue weighted by Gasteiger charge is 2.25. The van der Waals surface area contributed by atoms with E-state index in [9.17, 15) is 9.59 Å². The van der Waals surface area contributed by atoms with Crippen LogP contribution in [0.2, 0.25) is 0 Å². The zero-order chi connectivity index (χ0) is 23.6. The first kappa shape index (κ1) is 24.2. The van der Waals surface area contributed by atoms with E-state index < -0.39 is 0 Å². The van der Waals surface area contributed by atoms with Gasteiger partial charge in [-0.05, 0) is 61.7 Å². The van der Waals surface area contributed by atoms with Crippen LogP contribution in [-0.2, 0) is 14.4 Å². The fourth-order valence-electron chi connectivity index (χ4n) is 4.15. The summed E-state index contributed by atoms with van der Waals surface area (Å²) in [5.74, 6) is 0.728. The Bertz CT molecular complexity index is 978. The second-order valence-electron chi connectivity index (χ2n) is 8.22. The van der Waals surface area contributed by atoms with Crippen molar-refractivity contribution in [2.45, 2.75) is 38.2 Å². The molecule has 1 aliphatic carbocycles. The number of anilines is 1. The minimum absolute atomic E-state index is 0.0749. The zero-order valence-corrected chi connectivity index (χ0v) is 18.8. The number of hydrogen-bond donors (Lipinski definition) is 2. The maximum Gasteiger partial charge on any atom is 0.290 e. The topological polar surface area (TPSA) is 95.9 Å². The molecule has 0 atom stereocenters. The van der Waals surface area contributed by atoms with Gasteiger partial charge in [0.2, 0.25) is 5.91 Å². The van der Waals surface area contributed by atoms with E-state index in [4.69, 9.17) is 14.6 Å². The Morgan fingerprint density at radius 3 is 2.36 bits per heavy atom. The number of carbonyl (C=O) groups excluding carboxylic acids is 2. The molecule has 4 rings (SSSR count). The summed E-state index contributed by atoms with van der Waals surface area (Å²) in [6, 6.07) is 17.3. The molecule has 2 aromatic rings. The monoisotopic (exact) mass is 450 g/mol. The van der Waals surface area contributed by atoms with Crippen molar-refractivity contribution in [1.29, 1.82) is 0 Å². The largest absolute Gasteiger partial charge is 0.490 e. The van der Waals surface area contributed by atoms with E-state index in [1.165, 1.54) is 0 Å². The number of allylic oxidation sites excluding steroid dienone is 1. The molecular formula is C26H30N2O5. The third-order valence-corrected chi connectivity index (χ3v) is 5.87. The Morgan fingerprint density at radius 2 is 1.73 bits per heavy atom. The first-order chi connectivity index (χ1) is 16.0. The molecule has 7 heteroatoms. The Labute approximate surface area is 194 Å². The van der Waals surface area contributed by atoms with E-state index in [1.807, 2.05) is 54.6 Å². The predicted molar refractivity (Wildman–Crippen MR) is 127 cm³/mol. The molecule has 1 aliphatic heterocycles. The van der Waals surface area contributed by atoms with Gasteiger partial charge in [-0.2, -0.15) is 0 Å². The van der Waals surface area contributed by atoms with Crippen LogP contribution in [0, 0.1) is 0 Å². The van der Waals surface area contributed by atoms with Gasteiger partial charge in [-0.25, -0.2) is 0 Å². The molecule has 2 aromatic carbocycles. The predicted octanol–water partition coefficient (Wildman–Crippen LogP) is 4.01. The summed E-state index contributed by atoms with van der Waals surface area (Å²) in [5.41, 5.74) is 3.38. The second kappa shape index (κ2) is 12.0. The van der Waals surface area contributed by atoms with Gasteiger partial charge in [-0.3, -0.25) is 14.4 Å². The fourth-order valence-corrected chi connectivity index (χ4v) is 4.15. The number of carboxylic acid groups (broad SMARTS) is 1. The van der Waals surface area contributed by atoms with Gasteiger partial charge in [0.1, 0.15) is 11.9 Å². The smallest absolute Gasteiger partial charge is 0.290 e. The van der Waals surface area contributed by atoms with Crippen molar-refractivity contribution < 1.29 is 24.2 Å². The molecule has 1 heterocycles. The van der Waals surface area contributed by atoms with Crippen LogP contribution in [0.4, 0.5) is 5.69 Å². The van der Waals surface area contributed by atoms with Crippen molar-refractivity contribution in [3.63, 3.8) is 0 Å². The molecule has 0 aromatic heterocycles. The van der Waals surface area contributed by atoms with E-state index in [1.54, 1.807) is 0 Å². The van der Waals surface area contributed by atoms with Crippen LogP contribution in [-0.4, -0.2) is 54.4 Å². The number of Topliss-reactive ketones (excluding diaryl/α,β-unsaturated/α-hetero) is 1. The molecule has 0 saturated carbocycles. The molecule has 0 spiro atoms. The van der Waals surface area contributed by atoms with E-state index in [2.05, 4.69) is 17.3 Å². The molecule has 0 unspecified atom stereocenters. The standard InChI is InChI=1S/C25H28N2O3.CH2O2/c1-27-15-13-21(14-16-27)30-20-9-7-19(8-10-20)26-25(29)17-23-22(11-12-24(23)28)18-5-3-2-4-6-18;2-1-3/h2-10,21H,11-17H2,1H3,(H,26,29);1H,(H,2,3). The highest BCUT2D eigenvalue weighted by atomic mass is 16.5. The fraction of sp³-hybridized carbons (Fsp3) is 0.346. The van der Waals surface area contributed by atoms with Crippen LogP contribution in [0.1, 0.15) is 37.7 Å². The van der Waals surface area contributed by atoms with Crippen molar-refractivity contribution in [2.75, 3.05) is 25.5 Å². The number of amides is 1. The summed E-state index contributed by atoms with van der Waals surface area (Å²) in [5, 5.41) is 9.80. The number of rotatable bonds is 6. The van der Waals surface area contributed by atoms with Crippen LogP contribution in [0.3, 0.4) is 0 Å². The van der Waals surface area contributed by atoms with Crippen LogP contribution >= 0.6 is 0 Å².